The standard InChI is InChI=1S/C12H25NO2/c1-4-13-11(6-5-10(2)3)12-9-14-7-8-15-12/h10-13H,4-9H2,1-3H3. The Morgan fingerprint density at radius 3 is 2.60 bits per heavy atom. The van der Waals surface area contributed by atoms with Gasteiger partial charge in [-0.3, -0.25) is 0 Å². The molecule has 3 nitrogen and oxygen atoms in total. The minimum Gasteiger partial charge on any atom is -0.376 e. The lowest BCUT2D eigenvalue weighted by molar-refractivity contribution is -0.102. The lowest BCUT2D eigenvalue weighted by Gasteiger charge is -2.31. The van der Waals surface area contributed by atoms with Gasteiger partial charge in [-0.15, -0.1) is 0 Å². The van der Waals surface area contributed by atoms with Crippen molar-refractivity contribution in [2.45, 2.75) is 45.8 Å². The van der Waals surface area contributed by atoms with Crippen molar-refractivity contribution in [3.8, 4) is 0 Å². The number of rotatable bonds is 6. The molecule has 2 atom stereocenters. The molecule has 0 aromatic heterocycles. The molecule has 90 valence electrons. The van der Waals surface area contributed by atoms with Crippen LogP contribution in [0.4, 0.5) is 0 Å². The van der Waals surface area contributed by atoms with Crippen LogP contribution in [0, 0.1) is 5.92 Å². The zero-order valence-electron chi connectivity index (χ0n) is 10.3. The number of likely N-dealkylation sites (N-methyl/N-ethyl adjacent to an activating group) is 1. The summed E-state index contributed by atoms with van der Waals surface area (Å²) in [6.45, 7) is 9.92. The molecule has 0 saturated carbocycles. The summed E-state index contributed by atoms with van der Waals surface area (Å²) in [7, 11) is 0. The molecule has 0 amide bonds. The van der Waals surface area contributed by atoms with Crippen LogP contribution in [0.2, 0.25) is 0 Å². The highest BCUT2D eigenvalue weighted by Crippen LogP contribution is 2.14. The minimum atomic E-state index is 0.248. The van der Waals surface area contributed by atoms with Crippen LogP contribution in [0.1, 0.15) is 33.6 Å². The Labute approximate surface area is 93.5 Å². The van der Waals surface area contributed by atoms with E-state index >= 15 is 0 Å². The average molecular weight is 215 g/mol. The number of hydrogen-bond acceptors (Lipinski definition) is 3. The maximum absolute atomic E-state index is 5.74. The van der Waals surface area contributed by atoms with Crippen LogP contribution in [0.3, 0.4) is 0 Å². The number of hydrogen-bond donors (Lipinski definition) is 1. The lowest BCUT2D eigenvalue weighted by atomic mass is 9.99. The second kappa shape index (κ2) is 7.20. The quantitative estimate of drug-likeness (QED) is 0.733. The van der Waals surface area contributed by atoms with Gasteiger partial charge in [-0.25, -0.2) is 0 Å². The molecule has 15 heavy (non-hydrogen) atoms. The monoisotopic (exact) mass is 215 g/mol. The van der Waals surface area contributed by atoms with E-state index in [2.05, 4.69) is 26.1 Å². The van der Waals surface area contributed by atoms with Gasteiger partial charge in [0.15, 0.2) is 0 Å². The Morgan fingerprint density at radius 1 is 1.27 bits per heavy atom. The van der Waals surface area contributed by atoms with Gasteiger partial charge >= 0.3 is 0 Å². The van der Waals surface area contributed by atoms with Gasteiger partial charge in [0.25, 0.3) is 0 Å². The van der Waals surface area contributed by atoms with E-state index in [0.29, 0.717) is 6.04 Å². The van der Waals surface area contributed by atoms with Crippen molar-refractivity contribution in [2.24, 2.45) is 5.92 Å². The zero-order valence-corrected chi connectivity index (χ0v) is 10.3. The van der Waals surface area contributed by atoms with Crippen LogP contribution >= 0.6 is 0 Å². The molecule has 0 bridgehead atoms. The van der Waals surface area contributed by atoms with E-state index in [4.69, 9.17) is 9.47 Å². The molecule has 2 unspecified atom stereocenters. The molecule has 0 aliphatic carbocycles. The molecule has 1 aliphatic heterocycles. The summed E-state index contributed by atoms with van der Waals surface area (Å²) in [6, 6.07) is 0.456. The van der Waals surface area contributed by atoms with E-state index in [1.807, 2.05) is 0 Å². The van der Waals surface area contributed by atoms with E-state index in [1.54, 1.807) is 0 Å². The summed E-state index contributed by atoms with van der Waals surface area (Å²) in [5, 5.41) is 3.50. The molecule has 1 aliphatic rings. The Hall–Kier alpha value is -0.120. The van der Waals surface area contributed by atoms with Crippen LogP contribution in [-0.2, 0) is 9.47 Å². The van der Waals surface area contributed by atoms with Gasteiger partial charge in [0.05, 0.1) is 25.9 Å². The fourth-order valence-electron chi connectivity index (χ4n) is 1.93. The first-order valence-corrected chi connectivity index (χ1v) is 6.16. The van der Waals surface area contributed by atoms with E-state index in [9.17, 15) is 0 Å². The predicted octanol–water partition coefficient (Wildman–Crippen LogP) is 1.82. The molecule has 0 spiro atoms. The second-order valence-electron chi connectivity index (χ2n) is 4.62. The third-order valence-electron chi connectivity index (χ3n) is 2.81. The van der Waals surface area contributed by atoms with E-state index in [0.717, 1.165) is 32.3 Å². The topological polar surface area (TPSA) is 30.5 Å². The summed E-state index contributed by atoms with van der Waals surface area (Å²) in [6.07, 6.45) is 2.68. The molecule has 3 heteroatoms. The van der Waals surface area contributed by atoms with E-state index in [1.165, 1.54) is 12.8 Å². The molecular weight excluding hydrogens is 190 g/mol. The molecule has 0 aromatic carbocycles. The molecule has 1 rings (SSSR count). The normalized spacial score (nSPS) is 24.4. The Bertz CT molecular complexity index is 156. The first-order valence-electron chi connectivity index (χ1n) is 6.16. The molecular formula is C12H25NO2. The molecule has 1 saturated heterocycles. The van der Waals surface area contributed by atoms with Crippen molar-refractivity contribution in [1.82, 2.24) is 5.32 Å². The fourth-order valence-corrected chi connectivity index (χ4v) is 1.93. The first-order chi connectivity index (χ1) is 7.24. The zero-order chi connectivity index (χ0) is 11.1. The van der Waals surface area contributed by atoms with Gasteiger partial charge in [0, 0.05) is 6.04 Å². The first kappa shape index (κ1) is 12.9. The van der Waals surface area contributed by atoms with Crippen molar-refractivity contribution in [1.29, 1.82) is 0 Å². The second-order valence-corrected chi connectivity index (χ2v) is 4.62. The van der Waals surface area contributed by atoms with Crippen LogP contribution < -0.4 is 5.32 Å². The van der Waals surface area contributed by atoms with Crippen molar-refractivity contribution >= 4 is 0 Å². The lowest BCUT2D eigenvalue weighted by Crippen LogP contribution is -2.46. The van der Waals surface area contributed by atoms with Gasteiger partial charge in [-0.2, -0.15) is 0 Å². The summed E-state index contributed by atoms with van der Waals surface area (Å²) in [4.78, 5) is 0. The minimum absolute atomic E-state index is 0.248. The third kappa shape index (κ3) is 4.96. The largest absolute Gasteiger partial charge is 0.376 e. The Kier molecular flexibility index (Phi) is 6.22. The number of nitrogens with one attached hydrogen (secondary N) is 1. The summed E-state index contributed by atoms with van der Waals surface area (Å²) in [5.41, 5.74) is 0. The van der Waals surface area contributed by atoms with Crippen LogP contribution in [0.15, 0.2) is 0 Å². The Balaban J connectivity index is 2.33. The van der Waals surface area contributed by atoms with Gasteiger partial charge in [-0.1, -0.05) is 20.8 Å². The average Bonchev–Trinajstić information content (AvgIpc) is 2.25. The summed E-state index contributed by atoms with van der Waals surface area (Å²) >= 11 is 0. The molecule has 0 radical (unpaired) electrons. The smallest absolute Gasteiger partial charge is 0.0962 e. The SMILES string of the molecule is CCNC(CCC(C)C)C1COCCO1. The van der Waals surface area contributed by atoms with Crippen molar-refractivity contribution in [3.05, 3.63) is 0 Å². The van der Waals surface area contributed by atoms with Crippen molar-refractivity contribution in [3.63, 3.8) is 0 Å². The summed E-state index contributed by atoms with van der Waals surface area (Å²) in [5.74, 6) is 0.760. The molecule has 1 heterocycles. The molecule has 0 aromatic rings. The van der Waals surface area contributed by atoms with Crippen LogP contribution in [-0.4, -0.2) is 38.5 Å². The van der Waals surface area contributed by atoms with E-state index in [-0.39, 0.29) is 6.10 Å². The van der Waals surface area contributed by atoms with Gasteiger partial charge in [0.2, 0.25) is 0 Å². The maximum atomic E-state index is 5.74. The molecule has 1 fully saturated rings. The van der Waals surface area contributed by atoms with Crippen LogP contribution in [0.5, 0.6) is 0 Å². The summed E-state index contributed by atoms with van der Waals surface area (Å²) < 4.78 is 11.2. The fraction of sp³-hybridized carbons (Fsp3) is 1.00. The maximum Gasteiger partial charge on any atom is 0.0962 e. The highest BCUT2D eigenvalue weighted by atomic mass is 16.6. The predicted molar refractivity (Wildman–Crippen MR) is 62.1 cm³/mol. The van der Waals surface area contributed by atoms with E-state index < -0.39 is 0 Å². The van der Waals surface area contributed by atoms with Gasteiger partial charge < -0.3 is 14.8 Å². The van der Waals surface area contributed by atoms with Gasteiger partial charge in [-0.05, 0) is 25.3 Å². The van der Waals surface area contributed by atoms with Gasteiger partial charge in [0.1, 0.15) is 0 Å². The molecule has 1 N–H and O–H groups in total. The highest BCUT2D eigenvalue weighted by Gasteiger charge is 2.24. The van der Waals surface area contributed by atoms with Crippen molar-refractivity contribution in [2.75, 3.05) is 26.4 Å². The highest BCUT2D eigenvalue weighted by molar-refractivity contribution is 4.78. The Morgan fingerprint density at radius 2 is 2.07 bits per heavy atom. The van der Waals surface area contributed by atoms with Crippen LogP contribution in [0.25, 0.3) is 0 Å². The third-order valence-corrected chi connectivity index (χ3v) is 2.81. The van der Waals surface area contributed by atoms with Crippen molar-refractivity contribution < 1.29 is 9.47 Å². The number of ether oxygens (including phenoxy) is 2.